The molecule has 0 fully saturated rings. The van der Waals surface area contributed by atoms with Gasteiger partial charge in [0.15, 0.2) is 5.96 Å². The van der Waals surface area contributed by atoms with Crippen LogP contribution in [-0.4, -0.2) is 15.9 Å². The third-order valence-electron chi connectivity index (χ3n) is 1.20. The van der Waals surface area contributed by atoms with Gasteiger partial charge in [-0.15, -0.1) is 12.4 Å². The van der Waals surface area contributed by atoms with Crippen molar-refractivity contribution < 1.29 is 4.92 Å². The molecule has 0 aromatic carbocycles. The first-order chi connectivity index (χ1) is 6.11. The lowest BCUT2D eigenvalue weighted by molar-refractivity contribution is -0.384. The van der Waals surface area contributed by atoms with Crippen molar-refractivity contribution in [1.29, 1.82) is 0 Å². The van der Waals surface area contributed by atoms with E-state index in [2.05, 4.69) is 9.98 Å². The van der Waals surface area contributed by atoms with Crippen LogP contribution in [0.25, 0.3) is 0 Å². The molecule has 0 saturated carbocycles. The molecule has 0 atom stereocenters. The van der Waals surface area contributed by atoms with Gasteiger partial charge >= 0.3 is 5.69 Å². The van der Waals surface area contributed by atoms with Gasteiger partial charge in [0.2, 0.25) is 5.82 Å². The molecular weight excluding hydrogens is 210 g/mol. The Balaban J connectivity index is 0.00000169. The fourth-order valence-electron chi connectivity index (χ4n) is 0.739. The van der Waals surface area contributed by atoms with Crippen LogP contribution in [0.3, 0.4) is 0 Å². The molecule has 4 N–H and O–H groups in total. The van der Waals surface area contributed by atoms with Crippen LogP contribution >= 0.6 is 12.4 Å². The average Bonchev–Trinajstić information content (AvgIpc) is 2.03. The summed E-state index contributed by atoms with van der Waals surface area (Å²) in [5.74, 6) is -0.352. The van der Waals surface area contributed by atoms with E-state index in [1.54, 1.807) is 0 Å². The standard InChI is InChI=1S/C6H7N5O2.ClH/c7-6(8)10-5-4(11(12)13)2-1-3-9-5;/h1-3H,(H4,7,8,9,10);1H. The van der Waals surface area contributed by atoms with E-state index in [0.29, 0.717) is 0 Å². The summed E-state index contributed by atoms with van der Waals surface area (Å²) in [4.78, 5) is 17.0. The Morgan fingerprint density at radius 2 is 2.21 bits per heavy atom. The van der Waals surface area contributed by atoms with E-state index in [-0.39, 0.29) is 29.9 Å². The molecule has 0 spiro atoms. The van der Waals surface area contributed by atoms with Gasteiger partial charge in [0.25, 0.3) is 0 Å². The van der Waals surface area contributed by atoms with Crippen LogP contribution in [0.1, 0.15) is 0 Å². The van der Waals surface area contributed by atoms with Crippen LogP contribution in [0, 0.1) is 10.1 Å². The van der Waals surface area contributed by atoms with Crippen LogP contribution < -0.4 is 11.5 Å². The molecule has 0 aliphatic rings. The molecule has 8 heteroatoms. The number of nitro groups is 1. The minimum Gasteiger partial charge on any atom is -0.370 e. The van der Waals surface area contributed by atoms with Gasteiger partial charge in [0, 0.05) is 12.3 Å². The molecule has 76 valence electrons. The van der Waals surface area contributed by atoms with Crippen molar-refractivity contribution in [3.63, 3.8) is 0 Å². The summed E-state index contributed by atoms with van der Waals surface area (Å²) in [6.07, 6.45) is 1.37. The Bertz CT molecular complexity index is 363. The summed E-state index contributed by atoms with van der Waals surface area (Å²) in [5, 5.41) is 10.4. The molecule has 1 aromatic rings. The molecule has 7 nitrogen and oxygen atoms in total. The normalized spacial score (nSPS) is 8.57. The number of aliphatic imine (C=N–C) groups is 1. The third-order valence-corrected chi connectivity index (χ3v) is 1.20. The second kappa shape index (κ2) is 4.97. The maximum atomic E-state index is 10.4. The summed E-state index contributed by atoms with van der Waals surface area (Å²) in [7, 11) is 0. The molecule has 0 saturated heterocycles. The molecule has 0 amide bonds. The number of rotatable bonds is 2. The van der Waals surface area contributed by atoms with Gasteiger partial charge in [0.1, 0.15) is 0 Å². The van der Waals surface area contributed by atoms with Gasteiger partial charge < -0.3 is 11.5 Å². The molecule has 0 aliphatic heterocycles. The molecule has 0 aliphatic carbocycles. The van der Waals surface area contributed by atoms with Gasteiger partial charge in [-0.25, -0.2) is 4.98 Å². The van der Waals surface area contributed by atoms with E-state index in [4.69, 9.17) is 11.5 Å². The van der Waals surface area contributed by atoms with Crippen molar-refractivity contribution in [2.24, 2.45) is 16.5 Å². The fourth-order valence-corrected chi connectivity index (χ4v) is 0.739. The topological polar surface area (TPSA) is 120 Å². The van der Waals surface area contributed by atoms with E-state index >= 15 is 0 Å². The Kier molecular flexibility index (Phi) is 4.30. The van der Waals surface area contributed by atoms with Crippen LogP contribution in [-0.2, 0) is 0 Å². The molecule has 14 heavy (non-hydrogen) atoms. The maximum Gasteiger partial charge on any atom is 0.313 e. The quantitative estimate of drug-likeness (QED) is 0.320. The Morgan fingerprint density at radius 1 is 1.57 bits per heavy atom. The summed E-state index contributed by atoms with van der Waals surface area (Å²) >= 11 is 0. The van der Waals surface area contributed by atoms with E-state index < -0.39 is 4.92 Å². The van der Waals surface area contributed by atoms with Crippen molar-refractivity contribution in [2.45, 2.75) is 0 Å². The second-order valence-electron chi connectivity index (χ2n) is 2.14. The van der Waals surface area contributed by atoms with Gasteiger partial charge in [-0.2, -0.15) is 4.99 Å². The number of guanidine groups is 1. The van der Waals surface area contributed by atoms with Gasteiger partial charge in [0.05, 0.1) is 4.92 Å². The number of nitrogens with two attached hydrogens (primary N) is 2. The smallest absolute Gasteiger partial charge is 0.313 e. The molecule has 0 bridgehead atoms. The van der Waals surface area contributed by atoms with E-state index in [1.165, 1.54) is 18.3 Å². The Morgan fingerprint density at radius 3 is 2.71 bits per heavy atom. The average molecular weight is 218 g/mol. The zero-order valence-electron chi connectivity index (χ0n) is 6.95. The monoisotopic (exact) mass is 217 g/mol. The number of halogens is 1. The molecule has 1 heterocycles. The first-order valence-corrected chi connectivity index (χ1v) is 3.30. The zero-order chi connectivity index (χ0) is 9.84. The summed E-state index contributed by atoms with van der Waals surface area (Å²) in [5.41, 5.74) is 9.89. The van der Waals surface area contributed by atoms with Crippen molar-refractivity contribution >= 4 is 29.9 Å². The van der Waals surface area contributed by atoms with Gasteiger partial charge in [-0.05, 0) is 6.07 Å². The highest BCUT2D eigenvalue weighted by atomic mass is 35.5. The van der Waals surface area contributed by atoms with Crippen LogP contribution in [0.2, 0.25) is 0 Å². The van der Waals surface area contributed by atoms with Crippen LogP contribution in [0.15, 0.2) is 23.3 Å². The number of hydrogen-bond donors (Lipinski definition) is 2. The highest BCUT2D eigenvalue weighted by Gasteiger charge is 2.12. The lowest BCUT2D eigenvalue weighted by atomic mass is 10.4. The highest BCUT2D eigenvalue weighted by molar-refractivity contribution is 5.85. The van der Waals surface area contributed by atoms with Crippen molar-refractivity contribution in [2.75, 3.05) is 0 Å². The minimum absolute atomic E-state index is 0. The highest BCUT2D eigenvalue weighted by Crippen LogP contribution is 2.22. The number of aromatic nitrogens is 1. The maximum absolute atomic E-state index is 10.4. The third kappa shape index (κ3) is 2.87. The first kappa shape index (κ1) is 12.1. The van der Waals surface area contributed by atoms with E-state index in [1.807, 2.05) is 0 Å². The van der Waals surface area contributed by atoms with Gasteiger partial charge in [-0.3, -0.25) is 10.1 Å². The number of hydrogen-bond acceptors (Lipinski definition) is 4. The predicted molar refractivity (Wildman–Crippen MR) is 53.6 cm³/mol. The molecule has 1 rings (SSSR count). The molecule has 0 unspecified atom stereocenters. The number of pyridine rings is 1. The van der Waals surface area contributed by atoms with Gasteiger partial charge in [-0.1, -0.05) is 0 Å². The molecule has 0 radical (unpaired) electrons. The number of nitrogens with zero attached hydrogens (tertiary/aromatic N) is 3. The zero-order valence-corrected chi connectivity index (χ0v) is 7.77. The van der Waals surface area contributed by atoms with Crippen molar-refractivity contribution in [3.05, 3.63) is 28.4 Å². The van der Waals surface area contributed by atoms with E-state index in [9.17, 15) is 10.1 Å². The lowest BCUT2D eigenvalue weighted by Crippen LogP contribution is -2.22. The fraction of sp³-hybridized carbons (Fsp3) is 0. The molecular formula is C6H8ClN5O2. The summed E-state index contributed by atoms with van der Waals surface area (Å²) in [6, 6.07) is 2.71. The van der Waals surface area contributed by atoms with Crippen molar-refractivity contribution in [3.8, 4) is 0 Å². The second-order valence-corrected chi connectivity index (χ2v) is 2.14. The first-order valence-electron chi connectivity index (χ1n) is 3.30. The minimum atomic E-state index is -0.602. The molecule has 1 aromatic heterocycles. The Hall–Kier alpha value is -1.89. The van der Waals surface area contributed by atoms with Crippen LogP contribution in [0.4, 0.5) is 11.5 Å². The van der Waals surface area contributed by atoms with E-state index in [0.717, 1.165) is 0 Å². The Labute approximate surface area is 85.4 Å². The lowest BCUT2D eigenvalue weighted by Gasteiger charge is -1.95. The SMILES string of the molecule is Cl.NC(N)=Nc1ncccc1[N+](=O)[O-]. The summed E-state index contributed by atoms with van der Waals surface area (Å²) in [6.45, 7) is 0. The van der Waals surface area contributed by atoms with Crippen molar-refractivity contribution in [1.82, 2.24) is 4.98 Å². The van der Waals surface area contributed by atoms with Crippen LogP contribution in [0.5, 0.6) is 0 Å². The largest absolute Gasteiger partial charge is 0.370 e. The summed E-state index contributed by atoms with van der Waals surface area (Å²) < 4.78 is 0. The predicted octanol–water partition coefficient (Wildman–Crippen LogP) is 0.316.